The van der Waals surface area contributed by atoms with E-state index in [2.05, 4.69) is 5.10 Å². The topological polar surface area (TPSA) is 75.5 Å². The highest BCUT2D eigenvalue weighted by Crippen LogP contribution is 2.22. The van der Waals surface area contributed by atoms with Crippen LogP contribution >= 0.6 is 11.3 Å². The molecular weight excluding hydrogens is 336 g/mol. The minimum Gasteiger partial charge on any atom is -0.335 e. The third-order valence-electron chi connectivity index (χ3n) is 3.85. The van der Waals surface area contributed by atoms with Crippen LogP contribution in [0.5, 0.6) is 0 Å². The van der Waals surface area contributed by atoms with Gasteiger partial charge in [0.1, 0.15) is 9.90 Å². The van der Waals surface area contributed by atoms with E-state index in [9.17, 15) is 13.2 Å². The minimum absolute atomic E-state index is 0.0995. The first-order chi connectivity index (χ1) is 11.0. The first-order valence-electron chi connectivity index (χ1n) is 7.38. The molecule has 3 rings (SSSR count). The second kappa shape index (κ2) is 6.42. The zero-order valence-corrected chi connectivity index (χ0v) is 14.4. The van der Waals surface area contributed by atoms with Gasteiger partial charge in [0, 0.05) is 38.9 Å². The Kier molecular flexibility index (Phi) is 4.51. The SMILES string of the molecule is CCn1nccc1C(=O)N1CCN(S(=O)(=O)c2cccs2)CC1. The average molecular weight is 354 g/mol. The molecular formula is C14H18N4O3S2. The van der Waals surface area contributed by atoms with Gasteiger partial charge in [-0.3, -0.25) is 9.48 Å². The number of aromatic nitrogens is 2. The fraction of sp³-hybridized carbons (Fsp3) is 0.429. The number of carbonyl (C=O) groups excluding carboxylic acids is 1. The zero-order valence-electron chi connectivity index (χ0n) is 12.8. The molecule has 0 saturated carbocycles. The van der Waals surface area contributed by atoms with E-state index < -0.39 is 10.0 Å². The van der Waals surface area contributed by atoms with E-state index in [1.165, 1.54) is 15.6 Å². The summed E-state index contributed by atoms with van der Waals surface area (Å²) in [6.07, 6.45) is 1.61. The molecule has 0 radical (unpaired) electrons. The van der Waals surface area contributed by atoms with Gasteiger partial charge in [-0.2, -0.15) is 9.40 Å². The van der Waals surface area contributed by atoms with Crippen LogP contribution in [0.1, 0.15) is 17.4 Å². The second-order valence-corrected chi connectivity index (χ2v) is 8.27. The summed E-state index contributed by atoms with van der Waals surface area (Å²) in [5, 5.41) is 5.85. The molecule has 0 atom stereocenters. The third kappa shape index (κ3) is 3.04. The van der Waals surface area contributed by atoms with Gasteiger partial charge < -0.3 is 4.90 Å². The maximum Gasteiger partial charge on any atom is 0.272 e. The summed E-state index contributed by atoms with van der Waals surface area (Å²) >= 11 is 1.21. The van der Waals surface area contributed by atoms with Crippen molar-refractivity contribution in [2.24, 2.45) is 0 Å². The zero-order chi connectivity index (χ0) is 16.4. The van der Waals surface area contributed by atoms with Crippen LogP contribution in [0.2, 0.25) is 0 Å². The van der Waals surface area contributed by atoms with Gasteiger partial charge >= 0.3 is 0 Å². The van der Waals surface area contributed by atoms with Crippen molar-refractivity contribution in [1.29, 1.82) is 0 Å². The third-order valence-corrected chi connectivity index (χ3v) is 7.12. The van der Waals surface area contributed by atoms with Crippen LogP contribution in [-0.4, -0.2) is 59.5 Å². The minimum atomic E-state index is -3.44. The number of amides is 1. The number of carbonyl (C=O) groups is 1. The monoisotopic (exact) mass is 354 g/mol. The Morgan fingerprint density at radius 1 is 1.26 bits per heavy atom. The van der Waals surface area contributed by atoms with E-state index in [4.69, 9.17) is 0 Å². The summed E-state index contributed by atoms with van der Waals surface area (Å²) in [5.41, 5.74) is 0.544. The molecule has 1 aliphatic heterocycles. The molecule has 1 aliphatic rings. The molecule has 0 aromatic carbocycles. The number of hydrogen-bond donors (Lipinski definition) is 0. The summed E-state index contributed by atoms with van der Waals surface area (Å²) in [6, 6.07) is 5.03. The standard InChI is InChI=1S/C14H18N4O3S2/c1-2-18-12(5-6-15-18)14(19)16-7-9-17(10-8-16)23(20,21)13-4-3-11-22-13/h3-6,11H,2,7-10H2,1H3. The smallest absolute Gasteiger partial charge is 0.272 e. The van der Waals surface area contributed by atoms with Gasteiger partial charge in [0.05, 0.1) is 0 Å². The van der Waals surface area contributed by atoms with Crippen LogP contribution in [0.4, 0.5) is 0 Å². The van der Waals surface area contributed by atoms with Gasteiger partial charge in [0.2, 0.25) is 0 Å². The molecule has 7 nitrogen and oxygen atoms in total. The van der Waals surface area contributed by atoms with Gasteiger partial charge in [-0.1, -0.05) is 6.07 Å². The molecule has 1 amide bonds. The van der Waals surface area contributed by atoms with Gasteiger partial charge in [0.25, 0.3) is 15.9 Å². The lowest BCUT2D eigenvalue weighted by Crippen LogP contribution is -2.50. The van der Waals surface area contributed by atoms with Crippen LogP contribution in [0, 0.1) is 0 Å². The lowest BCUT2D eigenvalue weighted by Gasteiger charge is -2.33. The summed E-state index contributed by atoms with van der Waals surface area (Å²) < 4.78 is 28.4. The van der Waals surface area contributed by atoms with E-state index in [0.29, 0.717) is 42.6 Å². The number of aryl methyl sites for hydroxylation is 1. The highest BCUT2D eigenvalue weighted by molar-refractivity contribution is 7.91. The number of rotatable bonds is 4. The lowest BCUT2D eigenvalue weighted by molar-refractivity contribution is 0.0685. The quantitative estimate of drug-likeness (QED) is 0.824. The fourth-order valence-electron chi connectivity index (χ4n) is 2.60. The summed E-state index contributed by atoms with van der Waals surface area (Å²) in [5.74, 6) is -0.0995. The highest BCUT2D eigenvalue weighted by atomic mass is 32.2. The van der Waals surface area contributed by atoms with Crippen LogP contribution in [-0.2, 0) is 16.6 Å². The Hall–Kier alpha value is -1.71. The first-order valence-corrected chi connectivity index (χ1v) is 9.70. The fourth-order valence-corrected chi connectivity index (χ4v) is 5.16. The molecule has 124 valence electrons. The van der Waals surface area contributed by atoms with Crippen molar-refractivity contribution >= 4 is 27.3 Å². The van der Waals surface area contributed by atoms with Crippen molar-refractivity contribution in [3.63, 3.8) is 0 Å². The summed E-state index contributed by atoms with van der Waals surface area (Å²) in [7, 11) is -3.44. The molecule has 9 heteroatoms. The molecule has 0 N–H and O–H groups in total. The Bertz CT molecular complexity index is 775. The average Bonchev–Trinajstić information content (AvgIpc) is 3.25. The Labute approximate surface area is 139 Å². The van der Waals surface area contributed by atoms with Crippen LogP contribution in [0.3, 0.4) is 0 Å². The van der Waals surface area contributed by atoms with E-state index in [0.717, 1.165) is 0 Å². The molecule has 2 aromatic heterocycles. The molecule has 0 aliphatic carbocycles. The predicted octanol–water partition coefficient (Wildman–Crippen LogP) is 1.11. The van der Waals surface area contributed by atoms with Crippen molar-refractivity contribution in [3.05, 3.63) is 35.5 Å². The van der Waals surface area contributed by atoms with E-state index >= 15 is 0 Å². The van der Waals surface area contributed by atoms with Gasteiger partial charge in [-0.25, -0.2) is 8.42 Å². The van der Waals surface area contributed by atoms with Gasteiger partial charge in [0.15, 0.2) is 0 Å². The molecule has 0 unspecified atom stereocenters. The molecule has 3 heterocycles. The molecule has 1 saturated heterocycles. The number of nitrogens with zero attached hydrogens (tertiary/aromatic N) is 4. The van der Waals surface area contributed by atoms with Gasteiger partial charge in [-0.05, 0) is 24.4 Å². The Morgan fingerprint density at radius 2 is 2.00 bits per heavy atom. The largest absolute Gasteiger partial charge is 0.335 e. The molecule has 0 bridgehead atoms. The number of sulfonamides is 1. The molecule has 2 aromatic rings. The van der Waals surface area contributed by atoms with Crippen molar-refractivity contribution in [2.45, 2.75) is 17.7 Å². The number of thiophene rings is 1. The van der Waals surface area contributed by atoms with Gasteiger partial charge in [-0.15, -0.1) is 11.3 Å². The predicted molar refractivity (Wildman–Crippen MR) is 86.9 cm³/mol. The second-order valence-electron chi connectivity index (χ2n) is 5.16. The van der Waals surface area contributed by atoms with E-state index in [-0.39, 0.29) is 5.91 Å². The maximum absolute atomic E-state index is 12.5. The van der Waals surface area contributed by atoms with E-state index in [1.54, 1.807) is 39.4 Å². The molecule has 1 fully saturated rings. The van der Waals surface area contributed by atoms with Crippen molar-refractivity contribution in [1.82, 2.24) is 19.0 Å². The highest BCUT2D eigenvalue weighted by Gasteiger charge is 2.31. The van der Waals surface area contributed by atoms with Crippen molar-refractivity contribution in [3.8, 4) is 0 Å². The van der Waals surface area contributed by atoms with Crippen LogP contribution < -0.4 is 0 Å². The first kappa shape index (κ1) is 16.2. The summed E-state index contributed by atoms with van der Waals surface area (Å²) in [4.78, 5) is 14.2. The normalized spacial score (nSPS) is 16.7. The molecule has 0 spiro atoms. The lowest BCUT2D eigenvalue weighted by atomic mass is 10.3. The Balaban J connectivity index is 1.68. The van der Waals surface area contributed by atoms with Crippen molar-refractivity contribution < 1.29 is 13.2 Å². The van der Waals surface area contributed by atoms with Crippen molar-refractivity contribution in [2.75, 3.05) is 26.2 Å². The van der Waals surface area contributed by atoms with E-state index in [1.807, 2.05) is 6.92 Å². The molecule has 23 heavy (non-hydrogen) atoms. The Morgan fingerprint density at radius 3 is 2.61 bits per heavy atom. The van der Waals surface area contributed by atoms with Crippen LogP contribution in [0.25, 0.3) is 0 Å². The number of piperazine rings is 1. The summed E-state index contributed by atoms with van der Waals surface area (Å²) in [6.45, 7) is 3.95. The maximum atomic E-state index is 12.5. The number of hydrogen-bond acceptors (Lipinski definition) is 5. The van der Waals surface area contributed by atoms with Crippen LogP contribution in [0.15, 0.2) is 34.0 Å².